The molecule has 2 aliphatic carbocycles. The van der Waals surface area contributed by atoms with E-state index in [1.165, 1.54) is 82.4 Å². The van der Waals surface area contributed by atoms with E-state index < -0.39 is 0 Å². The van der Waals surface area contributed by atoms with Crippen molar-refractivity contribution in [1.29, 1.82) is 0 Å². The number of halogens is 2. The van der Waals surface area contributed by atoms with E-state index in [0.29, 0.717) is 0 Å². The van der Waals surface area contributed by atoms with E-state index in [9.17, 15) is 0 Å². The predicted octanol–water partition coefficient (Wildman–Crippen LogP) is 4.59. The van der Waals surface area contributed by atoms with Crippen LogP contribution >= 0.6 is 0 Å². The maximum atomic E-state index is 4.04. The maximum absolute atomic E-state index is 4.04. The van der Waals surface area contributed by atoms with Gasteiger partial charge >= 0.3 is 26.2 Å². The standard InChI is InChI=1S/C49H33.2ClH.Zr/c1-6-19-34(20-7-1)41-32-18-31-40-33-42-44(37-29-16-17-30-37)46(38-25-12-4-13-26-38)47(39-27-14-5-15-28-39)49(48(42)45(40)41)43(35-21-8-2-9-22-35)36-23-10-3-11-24-36;;;/h1-29,31-32H,30H2;2*1H;/q-1;;;+3/p-2. The summed E-state index contributed by atoms with van der Waals surface area (Å²) in [7, 11) is 0. The summed E-state index contributed by atoms with van der Waals surface area (Å²) in [6, 6.07) is 61.4. The molecule has 0 fully saturated rings. The zero-order valence-electron chi connectivity index (χ0n) is 28.4. The van der Waals surface area contributed by atoms with Crippen LogP contribution in [0.15, 0.2) is 188 Å². The predicted molar refractivity (Wildman–Crippen MR) is 205 cm³/mol. The SMILES string of the molecule is [C-]1=c2cccc(-c3ccccc3)c2=c2c1c(C1=CC=CC1)c(-c1ccccc1)c(-c1ccccc1)c2=C(c1ccccc1)c1ccccc1.[Cl-].[Cl-].[Zr+3]. The smallest absolute Gasteiger partial charge is 1.00 e. The molecule has 0 aromatic heterocycles. The average Bonchev–Trinajstić information content (AvgIpc) is 3.85. The zero-order chi connectivity index (χ0) is 32.6. The topological polar surface area (TPSA) is 0 Å². The molecule has 0 aliphatic heterocycles. The Morgan fingerprint density at radius 2 is 0.962 bits per heavy atom. The largest absolute Gasteiger partial charge is 3.00 e. The summed E-state index contributed by atoms with van der Waals surface area (Å²) in [4.78, 5) is 0. The molecule has 0 atom stereocenters. The summed E-state index contributed by atoms with van der Waals surface area (Å²) in [6.45, 7) is 0. The van der Waals surface area contributed by atoms with Crippen LogP contribution in [0.1, 0.15) is 28.7 Å². The van der Waals surface area contributed by atoms with Crippen molar-refractivity contribution in [3.8, 4) is 33.4 Å². The van der Waals surface area contributed by atoms with Gasteiger partial charge in [-0.1, -0.05) is 204 Å². The van der Waals surface area contributed by atoms with Gasteiger partial charge in [0.25, 0.3) is 0 Å². The molecule has 0 bridgehead atoms. The number of fused-ring (bicyclic) bond motifs is 2. The minimum atomic E-state index is 0. The molecule has 52 heavy (non-hydrogen) atoms. The number of hydrogen-bond donors (Lipinski definition) is 0. The summed E-state index contributed by atoms with van der Waals surface area (Å²) in [5, 5.41) is 4.86. The Hall–Kier alpha value is -4.78. The van der Waals surface area contributed by atoms with Gasteiger partial charge in [-0.3, -0.25) is 0 Å². The van der Waals surface area contributed by atoms with Crippen LogP contribution < -0.4 is 35.3 Å². The molecule has 0 spiro atoms. The second-order valence-electron chi connectivity index (χ2n) is 12.6. The first-order valence-electron chi connectivity index (χ1n) is 17.0. The first-order valence-corrected chi connectivity index (χ1v) is 17.0. The monoisotopic (exact) mass is 781 g/mol. The van der Waals surface area contributed by atoms with Crippen LogP contribution in [-0.2, 0) is 26.2 Å². The van der Waals surface area contributed by atoms with E-state index in [-0.39, 0.29) is 51.0 Å². The van der Waals surface area contributed by atoms with Gasteiger partial charge in [0.05, 0.1) is 0 Å². The van der Waals surface area contributed by atoms with Crippen LogP contribution in [0.2, 0.25) is 0 Å². The van der Waals surface area contributed by atoms with E-state index in [1.807, 2.05) is 0 Å². The van der Waals surface area contributed by atoms with Gasteiger partial charge in [0.1, 0.15) is 0 Å². The minimum absolute atomic E-state index is 0. The summed E-state index contributed by atoms with van der Waals surface area (Å²) >= 11 is 0. The second kappa shape index (κ2) is 16.3. The van der Waals surface area contributed by atoms with Gasteiger partial charge in [-0.25, -0.2) is 0 Å². The Kier molecular flexibility index (Phi) is 11.6. The van der Waals surface area contributed by atoms with Gasteiger partial charge in [0.2, 0.25) is 0 Å². The molecule has 7 aromatic carbocycles. The van der Waals surface area contributed by atoms with Crippen molar-refractivity contribution < 1.29 is 51.0 Å². The summed E-state index contributed by atoms with van der Waals surface area (Å²) in [5.74, 6) is 0. The van der Waals surface area contributed by atoms with Crippen LogP contribution in [0.3, 0.4) is 0 Å². The number of hydrogen-bond acceptors (Lipinski definition) is 0. The molecule has 0 amide bonds. The number of benzene rings is 7. The Bertz CT molecular complexity index is 2590. The van der Waals surface area contributed by atoms with Gasteiger partial charge in [-0.2, -0.15) is 0 Å². The molecule has 3 heteroatoms. The third-order valence-corrected chi connectivity index (χ3v) is 9.75. The minimum Gasteiger partial charge on any atom is -1.00 e. The fourth-order valence-corrected chi connectivity index (χ4v) is 7.70. The summed E-state index contributed by atoms with van der Waals surface area (Å²) in [5.41, 5.74) is 14.7. The van der Waals surface area contributed by atoms with Crippen molar-refractivity contribution in [3.63, 3.8) is 0 Å². The Balaban J connectivity index is 0.00000155. The van der Waals surface area contributed by atoms with E-state index in [0.717, 1.165) is 11.6 Å². The molecule has 0 N–H and O–H groups in total. The fourth-order valence-electron chi connectivity index (χ4n) is 7.70. The van der Waals surface area contributed by atoms with Crippen LogP contribution in [0, 0.1) is 10.4 Å². The van der Waals surface area contributed by atoms with Crippen molar-refractivity contribution in [2.75, 3.05) is 0 Å². The molecule has 0 nitrogen and oxygen atoms in total. The molecular formula is C49H33Cl2Zr. The van der Waals surface area contributed by atoms with Crippen molar-refractivity contribution in [2.45, 2.75) is 6.42 Å². The van der Waals surface area contributed by atoms with Gasteiger partial charge < -0.3 is 24.8 Å². The number of allylic oxidation sites excluding steroid dienone is 4. The molecule has 1 radical (unpaired) electrons. The first-order chi connectivity index (χ1) is 24.4. The van der Waals surface area contributed by atoms with Gasteiger partial charge in [0.15, 0.2) is 0 Å². The Morgan fingerprint density at radius 3 is 1.48 bits per heavy atom. The van der Waals surface area contributed by atoms with Crippen LogP contribution in [0.5, 0.6) is 0 Å². The average molecular weight is 784 g/mol. The molecule has 247 valence electrons. The van der Waals surface area contributed by atoms with Crippen LogP contribution in [0.25, 0.3) is 50.6 Å². The van der Waals surface area contributed by atoms with Crippen molar-refractivity contribution in [3.05, 3.63) is 231 Å². The quantitative estimate of drug-likeness (QED) is 0.217. The van der Waals surface area contributed by atoms with Crippen molar-refractivity contribution in [1.82, 2.24) is 0 Å². The van der Waals surface area contributed by atoms with E-state index in [4.69, 9.17) is 0 Å². The Morgan fingerprint density at radius 1 is 0.462 bits per heavy atom. The van der Waals surface area contributed by atoms with Gasteiger partial charge in [-0.15, -0.1) is 28.1 Å². The maximum Gasteiger partial charge on any atom is 3.00 e. The van der Waals surface area contributed by atoms with Crippen molar-refractivity contribution in [2.24, 2.45) is 0 Å². The van der Waals surface area contributed by atoms with E-state index in [1.54, 1.807) is 0 Å². The zero-order valence-corrected chi connectivity index (χ0v) is 32.3. The van der Waals surface area contributed by atoms with Gasteiger partial charge in [-0.05, 0) is 56.2 Å². The third kappa shape index (κ3) is 6.55. The Labute approximate surface area is 336 Å². The van der Waals surface area contributed by atoms with Crippen LogP contribution in [-0.4, -0.2) is 0 Å². The molecule has 0 saturated carbocycles. The molecule has 0 saturated heterocycles. The molecule has 7 aromatic rings. The van der Waals surface area contributed by atoms with Gasteiger partial charge in [0, 0.05) is 0 Å². The summed E-state index contributed by atoms with van der Waals surface area (Å²) < 4.78 is 0. The third-order valence-electron chi connectivity index (χ3n) is 9.75. The molecule has 2 aliphatic rings. The second-order valence-corrected chi connectivity index (χ2v) is 12.6. The van der Waals surface area contributed by atoms with E-state index >= 15 is 0 Å². The molecule has 0 unspecified atom stereocenters. The van der Waals surface area contributed by atoms with Crippen LogP contribution in [0.4, 0.5) is 0 Å². The molecule has 0 heterocycles. The first kappa shape index (κ1) is 37.0. The fraction of sp³-hybridized carbons (Fsp3) is 0.0204. The normalized spacial score (nSPS) is 11.9. The van der Waals surface area contributed by atoms with Crippen molar-refractivity contribution >= 4 is 17.2 Å². The van der Waals surface area contributed by atoms with E-state index in [2.05, 4.69) is 194 Å². The number of rotatable bonds is 6. The molecular weight excluding hydrogens is 751 g/mol. The summed E-state index contributed by atoms with van der Waals surface area (Å²) in [6.07, 6.45) is 11.7. The molecule has 9 rings (SSSR count).